The number of pyridine rings is 1. The predicted octanol–water partition coefficient (Wildman–Crippen LogP) is 3.82. The van der Waals surface area contributed by atoms with E-state index in [-0.39, 0.29) is 0 Å². The van der Waals surface area contributed by atoms with Gasteiger partial charge in [0.05, 0.1) is 11.9 Å². The zero-order valence-corrected chi connectivity index (χ0v) is 12.9. The summed E-state index contributed by atoms with van der Waals surface area (Å²) >= 11 is 0. The van der Waals surface area contributed by atoms with Gasteiger partial charge in [-0.2, -0.15) is 5.26 Å². The van der Waals surface area contributed by atoms with Crippen LogP contribution in [-0.2, 0) is 0 Å². The van der Waals surface area contributed by atoms with E-state index >= 15 is 0 Å². The first-order valence-electron chi connectivity index (χ1n) is 8.02. The number of aromatic nitrogens is 2. The third-order valence-electron chi connectivity index (χ3n) is 4.78. The van der Waals surface area contributed by atoms with E-state index in [0.29, 0.717) is 11.6 Å². The summed E-state index contributed by atoms with van der Waals surface area (Å²) < 4.78 is 0. The van der Waals surface area contributed by atoms with Crippen LogP contribution in [0.5, 0.6) is 0 Å². The molecule has 0 spiro atoms. The molecule has 1 N–H and O–H groups in total. The largest absolute Gasteiger partial charge is 0.370 e. The Morgan fingerprint density at radius 1 is 1.13 bits per heavy atom. The molecule has 4 nitrogen and oxygen atoms in total. The minimum absolute atomic E-state index is 0.474. The number of hydrogen-bond acceptors (Lipinski definition) is 3. The minimum atomic E-state index is 0.474. The summed E-state index contributed by atoms with van der Waals surface area (Å²) in [6, 6.07) is 14.4. The summed E-state index contributed by atoms with van der Waals surface area (Å²) in [6.07, 6.45) is 6.27. The van der Waals surface area contributed by atoms with Crippen LogP contribution in [0.15, 0.2) is 48.8 Å². The Morgan fingerprint density at radius 2 is 1.96 bits per heavy atom. The van der Waals surface area contributed by atoms with Crippen molar-refractivity contribution in [2.75, 3.05) is 18.0 Å². The molecule has 1 aliphatic rings. The molecule has 1 saturated heterocycles. The van der Waals surface area contributed by atoms with Gasteiger partial charge in [-0.1, -0.05) is 18.2 Å². The molecule has 0 saturated carbocycles. The number of para-hydroxylation sites is 1. The van der Waals surface area contributed by atoms with Crippen molar-refractivity contribution in [3.8, 4) is 6.07 Å². The summed E-state index contributed by atoms with van der Waals surface area (Å²) in [6.45, 7) is 2.05. The van der Waals surface area contributed by atoms with Gasteiger partial charge in [0.25, 0.3) is 0 Å². The van der Waals surface area contributed by atoms with Gasteiger partial charge in [0.15, 0.2) is 0 Å². The van der Waals surface area contributed by atoms with Crippen molar-refractivity contribution in [3.05, 3.63) is 60.0 Å². The normalized spacial score (nSPS) is 15.7. The summed E-state index contributed by atoms with van der Waals surface area (Å²) in [7, 11) is 0. The van der Waals surface area contributed by atoms with Crippen molar-refractivity contribution < 1.29 is 0 Å². The number of nitriles is 1. The maximum atomic E-state index is 8.84. The Morgan fingerprint density at radius 3 is 2.70 bits per heavy atom. The number of anilines is 1. The predicted molar refractivity (Wildman–Crippen MR) is 91.4 cm³/mol. The van der Waals surface area contributed by atoms with Crippen molar-refractivity contribution in [3.63, 3.8) is 0 Å². The SMILES string of the molecule is N#Cc1ccc(N2CCC(c3c[nH]c4ccccc34)CC2)cn1. The molecule has 4 rings (SSSR count). The average Bonchev–Trinajstić information content (AvgIpc) is 3.06. The van der Waals surface area contributed by atoms with E-state index in [4.69, 9.17) is 5.26 Å². The first kappa shape index (κ1) is 13.8. The summed E-state index contributed by atoms with van der Waals surface area (Å²) in [5.41, 5.74) is 4.25. The molecule has 1 aromatic carbocycles. The monoisotopic (exact) mass is 302 g/mol. The zero-order valence-electron chi connectivity index (χ0n) is 12.9. The molecule has 0 atom stereocenters. The smallest absolute Gasteiger partial charge is 0.140 e. The van der Waals surface area contributed by atoms with Gasteiger partial charge in [-0.05, 0) is 42.5 Å². The van der Waals surface area contributed by atoms with Gasteiger partial charge in [-0.3, -0.25) is 0 Å². The van der Waals surface area contributed by atoms with Gasteiger partial charge in [-0.15, -0.1) is 0 Å². The van der Waals surface area contributed by atoms with Gasteiger partial charge in [-0.25, -0.2) is 4.98 Å². The topological polar surface area (TPSA) is 55.7 Å². The fraction of sp³-hybridized carbons (Fsp3) is 0.263. The van der Waals surface area contributed by atoms with E-state index in [1.54, 1.807) is 6.07 Å². The van der Waals surface area contributed by atoms with Crippen molar-refractivity contribution in [1.82, 2.24) is 9.97 Å². The Bertz CT molecular complexity index is 849. The van der Waals surface area contributed by atoms with Crippen LogP contribution in [0.3, 0.4) is 0 Å². The number of benzene rings is 1. The van der Waals surface area contributed by atoms with E-state index in [0.717, 1.165) is 31.6 Å². The molecule has 114 valence electrons. The van der Waals surface area contributed by atoms with Gasteiger partial charge >= 0.3 is 0 Å². The molecular weight excluding hydrogens is 284 g/mol. The lowest BCUT2D eigenvalue weighted by Crippen LogP contribution is -2.32. The lowest BCUT2D eigenvalue weighted by molar-refractivity contribution is 0.507. The molecule has 3 aromatic rings. The molecule has 0 aliphatic carbocycles. The molecular formula is C19H18N4. The number of H-pyrrole nitrogens is 1. The Balaban J connectivity index is 1.49. The molecule has 3 heterocycles. The van der Waals surface area contributed by atoms with E-state index in [1.165, 1.54) is 16.5 Å². The van der Waals surface area contributed by atoms with Crippen LogP contribution in [0.2, 0.25) is 0 Å². The molecule has 0 bridgehead atoms. The Labute approximate surface area is 135 Å². The quantitative estimate of drug-likeness (QED) is 0.783. The van der Waals surface area contributed by atoms with Crippen molar-refractivity contribution in [1.29, 1.82) is 5.26 Å². The van der Waals surface area contributed by atoms with Crippen molar-refractivity contribution in [2.45, 2.75) is 18.8 Å². The minimum Gasteiger partial charge on any atom is -0.370 e. The van der Waals surface area contributed by atoms with Crippen LogP contribution in [0, 0.1) is 11.3 Å². The highest BCUT2D eigenvalue weighted by atomic mass is 15.1. The molecule has 0 radical (unpaired) electrons. The Hall–Kier alpha value is -2.80. The molecule has 2 aromatic heterocycles. The third-order valence-corrected chi connectivity index (χ3v) is 4.78. The fourth-order valence-electron chi connectivity index (χ4n) is 3.52. The highest BCUT2D eigenvalue weighted by Gasteiger charge is 2.23. The highest BCUT2D eigenvalue weighted by molar-refractivity contribution is 5.83. The standard InChI is InChI=1S/C19H18N4/c20-11-15-5-6-16(12-21-15)23-9-7-14(8-10-23)18-13-22-19-4-2-1-3-17(18)19/h1-6,12-14,22H,7-10H2. The lowest BCUT2D eigenvalue weighted by atomic mass is 9.89. The lowest BCUT2D eigenvalue weighted by Gasteiger charge is -2.33. The Kier molecular flexibility index (Phi) is 3.47. The first-order chi connectivity index (χ1) is 11.3. The van der Waals surface area contributed by atoms with Crippen LogP contribution >= 0.6 is 0 Å². The summed E-state index contributed by atoms with van der Waals surface area (Å²) in [4.78, 5) is 9.92. The number of hydrogen-bond donors (Lipinski definition) is 1. The van der Waals surface area contributed by atoms with Gasteiger partial charge in [0, 0.05) is 30.2 Å². The molecule has 1 fully saturated rings. The summed E-state index contributed by atoms with van der Waals surface area (Å²) in [5, 5.41) is 10.2. The average molecular weight is 302 g/mol. The second-order valence-electron chi connectivity index (χ2n) is 6.06. The zero-order chi connectivity index (χ0) is 15.6. The second kappa shape index (κ2) is 5.77. The number of rotatable bonds is 2. The van der Waals surface area contributed by atoms with Crippen LogP contribution in [0.4, 0.5) is 5.69 Å². The van der Waals surface area contributed by atoms with Crippen LogP contribution < -0.4 is 4.90 Å². The van der Waals surface area contributed by atoms with Crippen molar-refractivity contribution in [2.24, 2.45) is 0 Å². The molecule has 0 amide bonds. The van der Waals surface area contributed by atoms with E-state index in [9.17, 15) is 0 Å². The van der Waals surface area contributed by atoms with Gasteiger partial charge in [0.2, 0.25) is 0 Å². The molecule has 1 aliphatic heterocycles. The maximum absolute atomic E-state index is 8.84. The van der Waals surface area contributed by atoms with Crippen LogP contribution in [0.1, 0.15) is 30.0 Å². The fourth-order valence-corrected chi connectivity index (χ4v) is 3.52. The van der Waals surface area contributed by atoms with Crippen LogP contribution in [0.25, 0.3) is 10.9 Å². The summed E-state index contributed by atoms with van der Waals surface area (Å²) in [5.74, 6) is 0.605. The molecule has 4 heteroatoms. The number of fused-ring (bicyclic) bond motifs is 1. The first-order valence-corrected chi connectivity index (χ1v) is 8.02. The molecule has 23 heavy (non-hydrogen) atoms. The second-order valence-corrected chi connectivity index (χ2v) is 6.06. The third kappa shape index (κ3) is 2.55. The van der Waals surface area contributed by atoms with Gasteiger partial charge in [0.1, 0.15) is 11.8 Å². The van der Waals surface area contributed by atoms with E-state index in [1.807, 2.05) is 12.3 Å². The number of nitrogens with one attached hydrogen (secondary N) is 1. The van der Waals surface area contributed by atoms with Crippen molar-refractivity contribution >= 4 is 16.6 Å². The maximum Gasteiger partial charge on any atom is 0.140 e. The van der Waals surface area contributed by atoms with Gasteiger partial charge < -0.3 is 9.88 Å². The highest BCUT2D eigenvalue weighted by Crippen LogP contribution is 2.34. The van der Waals surface area contributed by atoms with Crippen LogP contribution in [-0.4, -0.2) is 23.1 Å². The number of piperidine rings is 1. The van der Waals surface area contributed by atoms with E-state index in [2.05, 4.69) is 51.4 Å². The number of aromatic amines is 1. The molecule has 0 unspecified atom stereocenters. The van der Waals surface area contributed by atoms with E-state index < -0.39 is 0 Å². The number of nitrogens with zero attached hydrogens (tertiary/aromatic N) is 3.